The third kappa shape index (κ3) is 2.85. The van der Waals surface area contributed by atoms with Gasteiger partial charge in [-0.1, -0.05) is 23.7 Å². The number of ketones is 1. The molecule has 4 nitrogen and oxygen atoms in total. The molecule has 0 unspecified atom stereocenters. The smallest absolute Gasteiger partial charge is 0.199 e. The van der Waals surface area contributed by atoms with Gasteiger partial charge in [-0.05, 0) is 36.4 Å². The van der Waals surface area contributed by atoms with Gasteiger partial charge in [0, 0.05) is 5.39 Å². The molecule has 0 fully saturated rings. The quantitative estimate of drug-likeness (QED) is 0.534. The van der Waals surface area contributed by atoms with Crippen molar-refractivity contribution in [2.45, 2.75) is 0 Å². The zero-order chi connectivity index (χ0) is 16.4. The van der Waals surface area contributed by atoms with Crippen LogP contribution in [0.15, 0.2) is 48.5 Å². The fraction of sp³-hybridized carbons (Fsp3) is 0.111. The molecular formula is C18H14ClNO3. The second-order valence-corrected chi connectivity index (χ2v) is 5.27. The van der Waals surface area contributed by atoms with Crippen molar-refractivity contribution in [1.29, 1.82) is 0 Å². The number of carbonyl (C=O) groups is 1. The molecule has 0 saturated heterocycles. The maximum Gasteiger partial charge on any atom is 0.199 e. The lowest BCUT2D eigenvalue weighted by Gasteiger charge is -2.09. The molecule has 1 aromatic heterocycles. The van der Waals surface area contributed by atoms with Crippen LogP contribution in [0.25, 0.3) is 10.9 Å². The number of pyridine rings is 1. The molecule has 0 saturated carbocycles. The highest BCUT2D eigenvalue weighted by molar-refractivity contribution is 6.34. The predicted molar refractivity (Wildman–Crippen MR) is 89.7 cm³/mol. The number of hydrogen-bond acceptors (Lipinski definition) is 4. The summed E-state index contributed by atoms with van der Waals surface area (Å²) in [6.07, 6.45) is 0. The van der Waals surface area contributed by atoms with E-state index in [1.54, 1.807) is 49.6 Å². The molecule has 0 spiro atoms. The van der Waals surface area contributed by atoms with Gasteiger partial charge >= 0.3 is 0 Å². The van der Waals surface area contributed by atoms with E-state index in [0.717, 1.165) is 5.39 Å². The molecule has 2 aromatic carbocycles. The van der Waals surface area contributed by atoms with Crippen LogP contribution in [-0.4, -0.2) is 25.0 Å². The summed E-state index contributed by atoms with van der Waals surface area (Å²) < 4.78 is 10.5. The van der Waals surface area contributed by atoms with Gasteiger partial charge < -0.3 is 9.47 Å². The number of para-hydroxylation sites is 1. The van der Waals surface area contributed by atoms with Gasteiger partial charge in [0.15, 0.2) is 5.78 Å². The van der Waals surface area contributed by atoms with Gasteiger partial charge in [-0.2, -0.15) is 0 Å². The standard InChI is InChI=1S/C18H14ClNO3/c1-22-12-7-8-15-11(9-12)10-14(18(19)20-15)17(21)13-5-3-4-6-16(13)23-2/h3-10H,1-2H3. The van der Waals surface area contributed by atoms with Crippen molar-refractivity contribution < 1.29 is 14.3 Å². The lowest BCUT2D eigenvalue weighted by molar-refractivity contribution is 0.103. The first-order valence-corrected chi connectivity index (χ1v) is 7.34. The van der Waals surface area contributed by atoms with Gasteiger partial charge in [-0.15, -0.1) is 0 Å². The molecule has 0 aliphatic rings. The first-order chi connectivity index (χ1) is 11.1. The Hall–Kier alpha value is -2.59. The number of hydrogen-bond donors (Lipinski definition) is 0. The molecule has 3 rings (SSSR count). The monoisotopic (exact) mass is 327 g/mol. The van der Waals surface area contributed by atoms with E-state index in [2.05, 4.69) is 4.98 Å². The predicted octanol–water partition coefficient (Wildman–Crippen LogP) is 4.14. The van der Waals surface area contributed by atoms with Crippen LogP contribution in [0.4, 0.5) is 0 Å². The number of carbonyl (C=O) groups excluding carboxylic acids is 1. The maximum atomic E-state index is 12.8. The number of rotatable bonds is 4. The van der Waals surface area contributed by atoms with Crippen LogP contribution in [0.5, 0.6) is 11.5 Å². The number of benzene rings is 2. The number of ether oxygens (including phenoxy) is 2. The van der Waals surface area contributed by atoms with Crippen molar-refractivity contribution in [2.75, 3.05) is 14.2 Å². The number of methoxy groups -OCH3 is 2. The minimum absolute atomic E-state index is 0.165. The molecular weight excluding hydrogens is 314 g/mol. The summed E-state index contributed by atoms with van der Waals surface area (Å²) in [5, 5.41) is 0.950. The number of nitrogens with zero attached hydrogens (tertiary/aromatic N) is 1. The van der Waals surface area contributed by atoms with Crippen LogP contribution < -0.4 is 9.47 Å². The third-order valence-electron chi connectivity index (χ3n) is 3.57. The van der Waals surface area contributed by atoms with Crippen molar-refractivity contribution in [1.82, 2.24) is 4.98 Å². The third-order valence-corrected chi connectivity index (χ3v) is 3.86. The van der Waals surface area contributed by atoms with E-state index in [1.165, 1.54) is 7.11 Å². The summed E-state index contributed by atoms with van der Waals surface area (Å²) in [7, 11) is 3.11. The lowest BCUT2D eigenvalue weighted by Crippen LogP contribution is -2.05. The summed E-state index contributed by atoms with van der Waals surface area (Å²) in [6.45, 7) is 0. The molecule has 0 aliphatic heterocycles. The minimum Gasteiger partial charge on any atom is -0.497 e. The summed E-state index contributed by atoms with van der Waals surface area (Å²) in [6, 6.07) is 14.2. The molecule has 3 aromatic rings. The molecule has 0 atom stereocenters. The summed E-state index contributed by atoms with van der Waals surface area (Å²) in [4.78, 5) is 17.1. The molecule has 0 radical (unpaired) electrons. The Morgan fingerprint density at radius 3 is 2.52 bits per heavy atom. The van der Waals surface area contributed by atoms with Gasteiger partial charge in [0.1, 0.15) is 16.7 Å². The number of fused-ring (bicyclic) bond motifs is 1. The van der Waals surface area contributed by atoms with Gasteiger partial charge in [0.25, 0.3) is 0 Å². The van der Waals surface area contributed by atoms with Gasteiger partial charge in [-0.25, -0.2) is 4.98 Å². The number of aromatic nitrogens is 1. The molecule has 5 heteroatoms. The SMILES string of the molecule is COc1ccc2nc(Cl)c(C(=O)c3ccccc3OC)cc2c1. The van der Waals surface area contributed by atoms with Crippen LogP contribution in [0.1, 0.15) is 15.9 Å². The van der Waals surface area contributed by atoms with Crippen LogP contribution in [0.2, 0.25) is 5.15 Å². The van der Waals surface area contributed by atoms with Crippen LogP contribution >= 0.6 is 11.6 Å². The van der Waals surface area contributed by atoms with Gasteiger partial charge in [0.05, 0.1) is 30.9 Å². The van der Waals surface area contributed by atoms with E-state index in [9.17, 15) is 4.79 Å². The Kier molecular flexibility index (Phi) is 4.17. The van der Waals surface area contributed by atoms with E-state index in [1.807, 2.05) is 6.07 Å². The normalized spacial score (nSPS) is 10.6. The molecule has 0 bridgehead atoms. The van der Waals surface area contributed by atoms with E-state index in [4.69, 9.17) is 21.1 Å². The average molecular weight is 328 g/mol. The first-order valence-electron chi connectivity index (χ1n) is 6.96. The first kappa shape index (κ1) is 15.3. The molecule has 0 aliphatic carbocycles. The molecule has 1 heterocycles. The topological polar surface area (TPSA) is 48.4 Å². The second-order valence-electron chi connectivity index (χ2n) is 4.91. The van der Waals surface area contributed by atoms with Crippen molar-refractivity contribution in [3.63, 3.8) is 0 Å². The second kappa shape index (κ2) is 6.26. The van der Waals surface area contributed by atoms with E-state index < -0.39 is 0 Å². The van der Waals surface area contributed by atoms with Crippen LogP contribution in [0, 0.1) is 0 Å². The minimum atomic E-state index is -0.232. The Morgan fingerprint density at radius 2 is 1.78 bits per heavy atom. The highest BCUT2D eigenvalue weighted by Gasteiger charge is 2.18. The molecule has 116 valence electrons. The highest BCUT2D eigenvalue weighted by Crippen LogP contribution is 2.28. The Labute approximate surface area is 138 Å². The Bertz CT molecular complexity index is 893. The highest BCUT2D eigenvalue weighted by atomic mass is 35.5. The van der Waals surface area contributed by atoms with Crippen LogP contribution in [-0.2, 0) is 0 Å². The van der Waals surface area contributed by atoms with Gasteiger partial charge in [-0.3, -0.25) is 4.79 Å². The summed E-state index contributed by atoms with van der Waals surface area (Å²) in [5.41, 5.74) is 1.48. The van der Waals surface area contributed by atoms with E-state index in [0.29, 0.717) is 28.1 Å². The summed E-state index contributed by atoms with van der Waals surface area (Å²) in [5.74, 6) is 0.960. The zero-order valence-corrected chi connectivity index (χ0v) is 13.4. The molecule has 0 amide bonds. The maximum absolute atomic E-state index is 12.8. The van der Waals surface area contributed by atoms with Crippen molar-refractivity contribution in [3.8, 4) is 11.5 Å². The number of halogens is 1. The lowest BCUT2D eigenvalue weighted by atomic mass is 10.0. The fourth-order valence-electron chi connectivity index (χ4n) is 2.39. The van der Waals surface area contributed by atoms with Crippen LogP contribution in [0.3, 0.4) is 0 Å². The van der Waals surface area contributed by atoms with Gasteiger partial charge in [0.2, 0.25) is 0 Å². The zero-order valence-electron chi connectivity index (χ0n) is 12.7. The molecule has 0 N–H and O–H groups in total. The largest absolute Gasteiger partial charge is 0.497 e. The van der Waals surface area contributed by atoms with Crippen molar-refractivity contribution in [2.24, 2.45) is 0 Å². The van der Waals surface area contributed by atoms with Crippen molar-refractivity contribution >= 4 is 28.3 Å². The molecule has 23 heavy (non-hydrogen) atoms. The fourth-order valence-corrected chi connectivity index (χ4v) is 2.63. The Balaban J connectivity index is 2.14. The Morgan fingerprint density at radius 1 is 1.00 bits per heavy atom. The summed E-state index contributed by atoms with van der Waals surface area (Å²) >= 11 is 6.21. The average Bonchev–Trinajstić information content (AvgIpc) is 2.60. The van der Waals surface area contributed by atoms with Crippen molar-refractivity contribution in [3.05, 3.63) is 64.8 Å². The van der Waals surface area contributed by atoms with E-state index in [-0.39, 0.29) is 10.9 Å². The van der Waals surface area contributed by atoms with E-state index >= 15 is 0 Å².